The van der Waals surface area contributed by atoms with Crippen LogP contribution in [0.25, 0.3) is 5.76 Å². The van der Waals surface area contributed by atoms with Crippen molar-refractivity contribution in [1.29, 1.82) is 0 Å². The minimum absolute atomic E-state index is 0.0828. The van der Waals surface area contributed by atoms with Gasteiger partial charge >= 0.3 is 0 Å². The van der Waals surface area contributed by atoms with Crippen LogP contribution in [0.5, 0.6) is 17.2 Å². The first-order valence-electron chi connectivity index (χ1n) is 11.3. The molecule has 1 N–H and O–H groups in total. The van der Waals surface area contributed by atoms with Crippen molar-refractivity contribution in [3.63, 3.8) is 0 Å². The van der Waals surface area contributed by atoms with Crippen LogP contribution in [0.1, 0.15) is 31.0 Å². The van der Waals surface area contributed by atoms with Gasteiger partial charge in [0.1, 0.15) is 23.0 Å². The molecule has 1 atom stereocenters. The largest absolute Gasteiger partial charge is 0.507 e. The summed E-state index contributed by atoms with van der Waals surface area (Å²) in [6.45, 7) is 3.81. The Balaban J connectivity index is 1.97. The highest BCUT2D eigenvalue weighted by atomic mass is 35.5. The number of nitrogens with zero attached hydrogens (tertiary/aromatic N) is 1. The third-order valence-corrected chi connectivity index (χ3v) is 6.08. The van der Waals surface area contributed by atoms with Crippen LogP contribution < -0.4 is 19.1 Å². The van der Waals surface area contributed by atoms with Gasteiger partial charge in [0.15, 0.2) is 0 Å². The highest BCUT2D eigenvalue weighted by Gasteiger charge is 2.47. The second-order valence-corrected chi connectivity index (χ2v) is 8.86. The summed E-state index contributed by atoms with van der Waals surface area (Å²) < 4.78 is 16.4. The molecule has 8 heteroatoms. The van der Waals surface area contributed by atoms with Gasteiger partial charge in [0, 0.05) is 17.3 Å². The Kier molecular flexibility index (Phi) is 7.22. The number of anilines is 1. The first-order valence-corrected chi connectivity index (χ1v) is 11.7. The van der Waals surface area contributed by atoms with E-state index in [2.05, 4.69) is 0 Å². The van der Waals surface area contributed by atoms with Gasteiger partial charge in [0.05, 0.1) is 37.0 Å². The maximum atomic E-state index is 13.4. The number of rotatable bonds is 7. The van der Waals surface area contributed by atoms with E-state index in [-0.39, 0.29) is 22.3 Å². The highest BCUT2D eigenvalue weighted by Crippen LogP contribution is 2.44. The number of ketones is 1. The summed E-state index contributed by atoms with van der Waals surface area (Å²) in [6, 6.07) is 17.7. The topological polar surface area (TPSA) is 85.3 Å². The molecule has 3 aromatic carbocycles. The molecule has 0 spiro atoms. The molecular formula is C28H26ClNO6. The van der Waals surface area contributed by atoms with Crippen LogP contribution in [0.15, 0.2) is 72.3 Å². The molecule has 4 rings (SSSR count). The van der Waals surface area contributed by atoms with Crippen molar-refractivity contribution in [2.75, 3.05) is 19.1 Å². The third-order valence-electron chi connectivity index (χ3n) is 5.75. The highest BCUT2D eigenvalue weighted by molar-refractivity contribution is 6.52. The molecule has 36 heavy (non-hydrogen) atoms. The molecule has 0 radical (unpaired) electrons. The molecule has 1 aliphatic heterocycles. The van der Waals surface area contributed by atoms with E-state index in [4.69, 9.17) is 25.8 Å². The molecule has 7 nitrogen and oxygen atoms in total. The van der Waals surface area contributed by atoms with E-state index < -0.39 is 23.5 Å². The van der Waals surface area contributed by atoms with Crippen molar-refractivity contribution in [3.8, 4) is 17.2 Å². The fraction of sp³-hybridized carbons (Fsp3) is 0.214. The molecule has 186 valence electrons. The molecule has 1 aliphatic rings. The molecule has 0 aromatic heterocycles. The Morgan fingerprint density at radius 2 is 1.58 bits per heavy atom. The van der Waals surface area contributed by atoms with E-state index in [0.29, 0.717) is 28.5 Å². The molecule has 1 amide bonds. The van der Waals surface area contributed by atoms with Gasteiger partial charge in [-0.25, -0.2) is 0 Å². The van der Waals surface area contributed by atoms with Crippen LogP contribution in [0, 0.1) is 0 Å². The van der Waals surface area contributed by atoms with Crippen LogP contribution in [-0.4, -0.2) is 37.1 Å². The monoisotopic (exact) mass is 507 g/mol. The number of benzene rings is 3. The quantitative estimate of drug-likeness (QED) is 0.248. The molecule has 0 saturated carbocycles. The van der Waals surface area contributed by atoms with E-state index >= 15 is 0 Å². The molecular weight excluding hydrogens is 482 g/mol. The average Bonchev–Trinajstić information content (AvgIpc) is 3.14. The van der Waals surface area contributed by atoms with Crippen molar-refractivity contribution in [2.45, 2.75) is 26.0 Å². The number of Topliss-reactive ketones (excluding diaryl/α,β-unsaturated/α-hetero) is 1. The zero-order chi connectivity index (χ0) is 26.0. The van der Waals surface area contributed by atoms with Gasteiger partial charge in [-0.3, -0.25) is 14.5 Å². The number of hydrogen-bond acceptors (Lipinski definition) is 6. The van der Waals surface area contributed by atoms with E-state index in [0.717, 1.165) is 0 Å². The Morgan fingerprint density at radius 1 is 0.917 bits per heavy atom. The van der Waals surface area contributed by atoms with Gasteiger partial charge in [-0.2, -0.15) is 0 Å². The molecule has 1 fully saturated rings. The van der Waals surface area contributed by atoms with E-state index in [9.17, 15) is 14.7 Å². The third kappa shape index (κ3) is 4.75. The zero-order valence-electron chi connectivity index (χ0n) is 20.3. The van der Waals surface area contributed by atoms with E-state index in [1.807, 2.05) is 13.8 Å². The van der Waals surface area contributed by atoms with E-state index in [1.54, 1.807) is 60.7 Å². The summed E-state index contributed by atoms with van der Waals surface area (Å²) in [5.74, 6) is -0.507. The smallest absolute Gasteiger partial charge is 0.300 e. The number of aliphatic hydroxyl groups is 1. The van der Waals surface area contributed by atoms with Crippen LogP contribution in [0.4, 0.5) is 5.69 Å². The predicted octanol–water partition coefficient (Wildman–Crippen LogP) is 5.77. The Morgan fingerprint density at radius 3 is 2.28 bits per heavy atom. The van der Waals surface area contributed by atoms with Gasteiger partial charge in [-0.05, 0) is 61.9 Å². The summed E-state index contributed by atoms with van der Waals surface area (Å²) in [6.07, 6.45) is -0.0828. The lowest BCUT2D eigenvalue weighted by molar-refractivity contribution is -0.132. The minimum atomic E-state index is -0.949. The van der Waals surface area contributed by atoms with Crippen LogP contribution in [-0.2, 0) is 9.59 Å². The summed E-state index contributed by atoms with van der Waals surface area (Å²) in [7, 11) is 3.00. The number of aliphatic hydroxyl groups excluding tert-OH is 1. The predicted molar refractivity (Wildman–Crippen MR) is 138 cm³/mol. The van der Waals surface area contributed by atoms with Crippen molar-refractivity contribution in [3.05, 3.63) is 88.5 Å². The lowest BCUT2D eigenvalue weighted by atomic mass is 9.94. The average molecular weight is 508 g/mol. The number of methoxy groups -OCH3 is 2. The first kappa shape index (κ1) is 25.1. The van der Waals surface area contributed by atoms with Crippen LogP contribution in [0.2, 0.25) is 5.02 Å². The van der Waals surface area contributed by atoms with Crippen LogP contribution in [0.3, 0.4) is 0 Å². The van der Waals surface area contributed by atoms with Gasteiger partial charge in [-0.1, -0.05) is 29.8 Å². The Bertz CT molecular complexity index is 1350. The first-order chi connectivity index (χ1) is 17.2. The molecule has 0 aliphatic carbocycles. The number of halogens is 1. The maximum absolute atomic E-state index is 13.4. The second kappa shape index (κ2) is 10.3. The number of carbonyl (C=O) groups excluding carboxylic acids is 2. The summed E-state index contributed by atoms with van der Waals surface area (Å²) in [4.78, 5) is 28.2. The standard InChI is InChI=1S/C28H26ClNO6/c1-16(2)36-21-10-5-7-17(13-21)25-24(26(31)22-15-20(35-4)11-12-23(22)29)27(32)28(33)30(25)18-8-6-9-19(14-18)34-3/h5-16,25,31H,1-4H3/b26-24+. The summed E-state index contributed by atoms with van der Waals surface area (Å²) in [5.41, 5.74) is 1.10. The maximum Gasteiger partial charge on any atom is 0.300 e. The Labute approximate surface area is 214 Å². The van der Waals surface area contributed by atoms with Gasteiger partial charge in [0.25, 0.3) is 11.7 Å². The van der Waals surface area contributed by atoms with Crippen molar-refractivity contribution < 1.29 is 28.9 Å². The van der Waals surface area contributed by atoms with Crippen molar-refractivity contribution in [1.82, 2.24) is 0 Å². The van der Waals surface area contributed by atoms with E-state index in [1.165, 1.54) is 25.2 Å². The van der Waals surface area contributed by atoms with Crippen molar-refractivity contribution in [2.24, 2.45) is 0 Å². The number of ether oxygens (including phenoxy) is 3. The van der Waals surface area contributed by atoms with Crippen molar-refractivity contribution >= 4 is 34.7 Å². The normalized spacial score (nSPS) is 16.9. The summed E-state index contributed by atoms with van der Waals surface area (Å²) in [5, 5.41) is 11.6. The van der Waals surface area contributed by atoms with Gasteiger partial charge in [-0.15, -0.1) is 0 Å². The number of carbonyl (C=O) groups is 2. The Hall–Kier alpha value is -3.97. The SMILES string of the molecule is COc1cccc(N2C(=O)C(=O)/C(=C(/O)c3cc(OC)ccc3Cl)C2c2cccc(OC(C)C)c2)c1. The van der Waals surface area contributed by atoms with Crippen LogP contribution >= 0.6 is 11.6 Å². The zero-order valence-corrected chi connectivity index (χ0v) is 21.1. The molecule has 0 bridgehead atoms. The number of amides is 1. The molecule has 1 heterocycles. The lowest BCUT2D eigenvalue weighted by Gasteiger charge is -2.26. The fourth-order valence-electron chi connectivity index (χ4n) is 4.16. The van der Waals surface area contributed by atoms with Gasteiger partial charge < -0.3 is 19.3 Å². The second-order valence-electron chi connectivity index (χ2n) is 8.46. The number of hydrogen-bond donors (Lipinski definition) is 1. The molecule has 3 aromatic rings. The molecule has 1 saturated heterocycles. The van der Waals surface area contributed by atoms with Gasteiger partial charge in [0.2, 0.25) is 0 Å². The molecule has 1 unspecified atom stereocenters. The summed E-state index contributed by atoms with van der Waals surface area (Å²) >= 11 is 6.38. The lowest BCUT2D eigenvalue weighted by Crippen LogP contribution is -2.29. The fourth-order valence-corrected chi connectivity index (χ4v) is 4.37. The minimum Gasteiger partial charge on any atom is -0.507 e.